The lowest BCUT2D eigenvalue weighted by Crippen LogP contribution is -2.02. The minimum atomic E-state index is -0.292. The van der Waals surface area contributed by atoms with E-state index in [9.17, 15) is 4.79 Å². The van der Waals surface area contributed by atoms with Crippen molar-refractivity contribution in [2.75, 3.05) is 0 Å². The van der Waals surface area contributed by atoms with Gasteiger partial charge in [-0.15, -0.1) is 10.2 Å². The maximum Gasteiger partial charge on any atom is 0.289 e. The smallest absolute Gasteiger partial charge is 0.289 e. The Morgan fingerprint density at radius 1 is 1.00 bits per heavy atom. The summed E-state index contributed by atoms with van der Waals surface area (Å²) in [6, 6.07) is 23.2. The van der Waals surface area contributed by atoms with Gasteiger partial charge in [0.2, 0.25) is 5.89 Å². The number of benzene rings is 3. The summed E-state index contributed by atoms with van der Waals surface area (Å²) in [6.45, 7) is 2.62. The number of halogens is 1. The van der Waals surface area contributed by atoms with Crippen molar-refractivity contribution in [3.05, 3.63) is 107 Å². The molecule has 0 fully saturated rings. The topological polar surface area (TPSA) is 60.9 Å². The summed E-state index contributed by atoms with van der Waals surface area (Å²) >= 11 is 6.01. The first-order chi connectivity index (χ1) is 15.1. The van der Waals surface area contributed by atoms with E-state index in [1.807, 2.05) is 85.9 Å². The maximum atomic E-state index is 13.3. The molecule has 0 spiro atoms. The molecule has 0 radical (unpaired) electrons. The molecule has 0 N–H and O–H groups in total. The molecule has 6 heteroatoms. The van der Waals surface area contributed by atoms with Gasteiger partial charge in [0.15, 0.2) is 0 Å². The van der Waals surface area contributed by atoms with Crippen molar-refractivity contribution in [3.8, 4) is 11.5 Å². The third-order valence-electron chi connectivity index (χ3n) is 5.19. The molecule has 5 nitrogen and oxygen atoms in total. The summed E-state index contributed by atoms with van der Waals surface area (Å²) in [6.07, 6.45) is 1.85. The van der Waals surface area contributed by atoms with Gasteiger partial charge in [0.1, 0.15) is 0 Å². The van der Waals surface area contributed by atoms with Crippen LogP contribution < -0.4 is 0 Å². The number of aryl methyl sites for hydroxylation is 1. The largest absolute Gasteiger partial charge is 0.413 e. The molecule has 5 aromatic rings. The van der Waals surface area contributed by atoms with Crippen LogP contribution in [0.3, 0.4) is 0 Å². The number of fused-ring (bicyclic) bond motifs is 1. The van der Waals surface area contributed by atoms with Gasteiger partial charge in [0, 0.05) is 34.2 Å². The van der Waals surface area contributed by atoms with E-state index in [0.717, 1.165) is 27.6 Å². The van der Waals surface area contributed by atoms with Crippen LogP contribution >= 0.6 is 11.6 Å². The molecule has 2 aromatic heterocycles. The fourth-order valence-corrected chi connectivity index (χ4v) is 3.76. The van der Waals surface area contributed by atoms with Crippen LogP contribution in [-0.2, 0) is 6.54 Å². The van der Waals surface area contributed by atoms with Gasteiger partial charge in [-0.3, -0.25) is 4.79 Å². The molecule has 0 saturated heterocycles. The third-order valence-corrected chi connectivity index (χ3v) is 5.44. The van der Waals surface area contributed by atoms with Crippen molar-refractivity contribution in [1.29, 1.82) is 0 Å². The van der Waals surface area contributed by atoms with Crippen molar-refractivity contribution < 1.29 is 9.21 Å². The van der Waals surface area contributed by atoms with Crippen LogP contribution in [0, 0.1) is 6.92 Å². The molecule has 0 unspecified atom stereocenters. The number of ketones is 1. The van der Waals surface area contributed by atoms with Crippen molar-refractivity contribution in [2.24, 2.45) is 0 Å². The maximum absolute atomic E-state index is 13.3. The first kappa shape index (κ1) is 19.3. The van der Waals surface area contributed by atoms with Crippen molar-refractivity contribution in [3.63, 3.8) is 0 Å². The van der Waals surface area contributed by atoms with Crippen LogP contribution in [0.4, 0.5) is 0 Å². The quantitative estimate of drug-likeness (QED) is 0.326. The van der Waals surface area contributed by atoms with E-state index in [4.69, 9.17) is 16.0 Å². The van der Waals surface area contributed by atoms with Gasteiger partial charge >= 0.3 is 0 Å². The zero-order valence-electron chi connectivity index (χ0n) is 16.7. The first-order valence-corrected chi connectivity index (χ1v) is 10.2. The Hall–Kier alpha value is -3.70. The predicted octanol–water partition coefficient (Wildman–Crippen LogP) is 5.93. The van der Waals surface area contributed by atoms with E-state index in [1.54, 1.807) is 0 Å². The van der Waals surface area contributed by atoms with Crippen LogP contribution in [0.1, 0.15) is 27.4 Å². The Morgan fingerprint density at radius 2 is 1.77 bits per heavy atom. The average Bonchev–Trinajstić information content (AvgIpc) is 3.41. The Balaban J connectivity index is 1.55. The number of aromatic nitrogens is 3. The highest BCUT2D eigenvalue weighted by atomic mass is 35.5. The van der Waals surface area contributed by atoms with E-state index in [0.29, 0.717) is 23.0 Å². The molecule has 0 amide bonds. The molecule has 0 atom stereocenters. The fraction of sp³-hybridized carbons (Fsp3) is 0.0800. The summed E-state index contributed by atoms with van der Waals surface area (Å²) in [5.74, 6) is 0.0103. The van der Waals surface area contributed by atoms with Gasteiger partial charge in [-0.1, -0.05) is 53.6 Å². The van der Waals surface area contributed by atoms with E-state index in [1.165, 1.54) is 0 Å². The van der Waals surface area contributed by atoms with Gasteiger partial charge in [-0.25, -0.2) is 0 Å². The van der Waals surface area contributed by atoms with Gasteiger partial charge in [-0.05, 0) is 48.9 Å². The number of rotatable bonds is 5. The summed E-state index contributed by atoms with van der Waals surface area (Å²) in [5, 5.41) is 9.62. The molecule has 152 valence electrons. The summed E-state index contributed by atoms with van der Waals surface area (Å²) in [5.41, 5.74) is 4.43. The van der Waals surface area contributed by atoms with Gasteiger partial charge in [0.05, 0.1) is 5.56 Å². The number of nitrogens with zero attached hydrogens (tertiary/aromatic N) is 3. The minimum Gasteiger partial charge on any atom is -0.413 e. The van der Waals surface area contributed by atoms with Crippen LogP contribution in [0.25, 0.3) is 22.4 Å². The summed E-state index contributed by atoms with van der Waals surface area (Å²) in [7, 11) is 0. The lowest BCUT2D eigenvalue weighted by molar-refractivity contribution is 0.100. The Kier molecular flexibility index (Phi) is 4.88. The Bertz CT molecular complexity index is 1390. The molecule has 2 heterocycles. The molecule has 0 aliphatic rings. The van der Waals surface area contributed by atoms with Gasteiger partial charge in [-0.2, -0.15) is 0 Å². The highest BCUT2D eigenvalue weighted by molar-refractivity contribution is 6.30. The summed E-state index contributed by atoms with van der Waals surface area (Å²) in [4.78, 5) is 13.3. The number of carbonyl (C=O) groups is 1. The summed E-state index contributed by atoms with van der Waals surface area (Å²) < 4.78 is 7.77. The lowest BCUT2D eigenvalue weighted by Gasteiger charge is -2.06. The van der Waals surface area contributed by atoms with Crippen LogP contribution in [0.15, 0.2) is 83.4 Å². The Labute approximate surface area is 183 Å². The molecular formula is C25H18ClN3O2. The van der Waals surface area contributed by atoms with Gasteiger partial charge in [0.25, 0.3) is 11.7 Å². The highest BCUT2D eigenvalue weighted by Gasteiger charge is 2.22. The van der Waals surface area contributed by atoms with Gasteiger partial charge < -0.3 is 8.98 Å². The second kappa shape index (κ2) is 7.85. The van der Waals surface area contributed by atoms with E-state index in [-0.39, 0.29) is 11.7 Å². The SMILES string of the molecule is Cc1ccc2c(c1)c(C(=O)c1nnc(-c3ccccc3)o1)cn2Cc1ccc(Cl)cc1. The van der Waals surface area contributed by atoms with E-state index in [2.05, 4.69) is 14.8 Å². The lowest BCUT2D eigenvalue weighted by atomic mass is 10.1. The fourth-order valence-electron chi connectivity index (χ4n) is 3.64. The average molecular weight is 428 g/mol. The first-order valence-electron chi connectivity index (χ1n) is 9.86. The number of hydrogen-bond donors (Lipinski definition) is 0. The van der Waals surface area contributed by atoms with Crippen LogP contribution in [-0.4, -0.2) is 20.5 Å². The van der Waals surface area contributed by atoms with Crippen molar-refractivity contribution in [2.45, 2.75) is 13.5 Å². The standard InChI is InChI=1S/C25H18ClN3O2/c1-16-7-12-22-20(13-16)21(15-29(22)14-17-8-10-19(26)11-9-17)23(30)25-28-27-24(31-25)18-5-3-2-4-6-18/h2-13,15H,14H2,1H3. The predicted molar refractivity (Wildman–Crippen MR) is 120 cm³/mol. The molecule has 3 aromatic carbocycles. The van der Waals surface area contributed by atoms with Crippen molar-refractivity contribution >= 4 is 28.3 Å². The number of hydrogen-bond acceptors (Lipinski definition) is 4. The van der Waals surface area contributed by atoms with Crippen LogP contribution in [0.2, 0.25) is 5.02 Å². The highest BCUT2D eigenvalue weighted by Crippen LogP contribution is 2.27. The zero-order chi connectivity index (χ0) is 21.4. The normalized spacial score (nSPS) is 11.2. The zero-order valence-corrected chi connectivity index (χ0v) is 17.5. The van der Waals surface area contributed by atoms with E-state index < -0.39 is 0 Å². The number of carbonyl (C=O) groups excluding carboxylic acids is 1. The second-order valence-corrected chi connectivity index (χ2v) is 7.86. The molecule has 5 rings (SSSR count). The molecule has 0 bridgehead atoms. The molecular weight excluding hydrogens is 410 g/mol. The van der Waals surface area contributed by atoms with Crippen molar-refractivity contribution in [1.82, 2.24) is 14.8 Å². The monoisotopic (exact) mass is 427 g/mol. The second-order valence-electron chi connectivity index (χ2n) is 7.43. The molecule has 0 aliphatic carbocycles. The van der Waals surface area contributed by atoms with Crippen LogP contribution in [0.5, 0.6) is 0 Å². The Morgan fingerprint density at radius 3 is 2.55 bits per heavy atom. The third kappa shape index (κ3) is 3.76. The molecule has 0 aliphatic heterocycles. The minimum absolute atomic E-state index is 0.0223. The van der Waals surface area contributed by atoms with E-state index >= 15 is 0 Å². The molecule has 31 heavy (non-hydrogen) atoms. The molecule has 0 saturated carbocycles.